The quantitative estimate of drug-likeness (QED) is 0.220. The van der Waals surface area contributed by atoms with Crippen molar-refractivity contribution in [1.29, 1.82) is 0 Å². The largest absolute Gasteiger partial charge is 0.505 e. The number of aliphatic hydroxyl groups excluding tert-OH is 1. The summed E-state index contributed by atoms with van der Waals surface area (Å²) in [5.74, 6) is -13.5. The van der Waals surface area contributed by atoms with Gasteiger partial charge in [0, 0.05) is 31.8 Å². The Kier molecular flexibility index (Phi) is 9.68. The molecular weight excluding hydrogens is 596 g/mol. The highest BCUT2D eigenvalue weighted by Crippen LogP contribution is 2.25. The van der Waals surface area contributed by atoms with Gasteiger partial charge in [0.25, 0.3) is 11.9 Å². The Bertz CT molecular complexity index is 1460. The monoisotopic (exact) mass is 626 g/mol. The van der Waals surface area contributed by atoms with Crippen molar-refractivity contribution < 1.29 is 51.7 Å². The van der Waals surface area contributed by atoms with E-state index in [1.54, 1.807) is 0 Å². The third kappa shape index (κ3) is 6.42. The smallest absolute Gasteiger partial charge is 0.274 e. The molecule has 2 unspecified atom stereocenters. The van der Waals surface area contributed by atoms with E-state index in [1.807, 2.05) is 0 Å². The van der Waals surface area contributed by atoms with Gasteiger partial charge in [-0.3, -0.25) is 19.2 Å². The van der Waals surface area contributed by atoms with Crippen molar-refractivity contribution in [2.75, 3.05) is 13.7 Å². The number of halogens is 4. The van der Waals surface area contributed by atoms with Gasteiger partial charge in [0.1, 0.15) is 17.8 Å². The van der Waals surface area contributed by atoms with Crippen LogP contribution in [0.15, 0.2) is 18.3 Å². The Labute approximate surface area is 248 Å². The van der Waals surface area contributed by atoms with Crippen LogP contribution >= 0.6 is 0 Å². The number of rotatable bonds is 5. The number of hydrogen-bond acceptors (Lipinski definition) is 9. The van der Waals surface area contributed by atoms with Crippen molar-refractivity contribution >= 4 is 23.6 Å². The number of amides is 4. The van der Waals surface area contributed by atoms with E-state index in [1.165, 1.54) is 33.2 Å². The molecule has 2 aliphatic rings. The summed E-state index contributed by atoms with van der Waals surface area (Å²) in [4.78, 5) is 61.0. The third-order valence-corrected chi connectivity index (χ3v) is 7.71. The number of nitrogens with zero attached hydrogens (tertiary/aromatic N) is 3. The number of pyridine rings is 2. The van der Waals surface area contributed by atoms with E-state index in [2.05, 4.69) is 25.9 Å². The zero-order valence-electron chi connectivity index (χ0n) is 23.7. The summed E-state index contributed by atoms with van der Waals surface area (Å²) in [7, 11) is 1.28. The summed E-state index contributed by atoms with van der Waals surface area (Å²) in [6.45, 7) is 2.87. The number of aliphatic hydroxyl groups is 1. The van der Waals surface area contributed by atoms with Crippen LogP contribution in [0.1, 0.15) is 36.3 Å². The zero-order valence-corrected chi connectivity index (χ0v) is 23.7. The summed E-state index contributed by atoms with van der Waals surface area (Å²) in [5.41, 5.74) is -1.60. The molecule has 0 bridgehead atoms. The number of ether oxygens (including phenoxy) is 1. The molecule has 44 heavy (non-hydrogen) atoms. The van der Waals surface area contributed by atoms with E-state index >= 15 is 0 Å². The number of carbonyl (C=O) groups excluding carboxylic acids is 4. The maximum absolute atomic E-state index is 14.6. The van der Waals surface area contributed by atoms with E-state index in [0.29, 0.717) is 13.0 Å². The lowest BCUT2D eigenvalue weighted by molar-refractivity contribution is -0.159. The molecule has 17 heteroatoms. The summed E-state index contributed by atoms with van der Waals surface area (Å²) in [5, 5.41) is 28.5. The van der Waals surface area contributed by atoms with E-state index in [9.17, 15) is 47.0 Å². The average Bonchev–Trinajstić information content (AvgIpc) is 2.95. The van der Waals surface area contributed by atoms with Gasteiger partial charge in [-0.1, -0.05) is 6.92 Å². The fraction of sp³-hybridized carbons (Fsp3) is 0.481. The fourth-order valence-electron chi connectivity index (χ4n) is 5.08. The molecule has 2 saturated heterocycles. The Morgan fingerprint density at radius 3 is 2.41 bits per heavy atom. The predicted octanol–water partition coefficient (Wildman–Crippen LogP) is -0.304. The normalized spacial score (nSPS) is 28.2. The minimum atomic E-state index is -2.10. The van der Waals surface area contributed by atoms with Crippen LogP contribution in [0.3, 0.4) is 0 Å². The van der Waals surface area contributed by atoms with Gasteiger partial charge < -0.3 is 35.8 Å². The van der Waals surface area contributed by atoms with E-state index in [4.69, 9.17) is 4.74 Å². The topological polar surface area (TPSA) is 183 Å². The first-order chi connectivity index (χ1) is 20.7. The Hall–Kier alpha value is -4.38. The highest BCUT2D eigenvalue weighted by molar-refractivity contribution is 5.98. The van der Waals surface area contributed by atoms with Gasteiger partial charge in [-0.15, -0.1) is 0 Å². The first-order valence-corrected chi connectivity index (χ1v) is 13.5. The molecule has 4 amide bonds. The minimum absolute atomic E-state index is 0.306. The van der Waals surface area contributed by atoms with Crippen molar-refractivity contribution in [3.8, 4) is 5.75 Å². The minimum Gasteiger partial charge on any atom is -0.505 e. The highest BCUT2D eigenvalue weighted by Gasteiger charge is 2.44. The molecule has 0 radical (unpaired) electrons. The molecule has 4 rings (SSSR count). The SMILES string of the molecule is C[C@H]1NC(=O)C(C2CCO2)N(C)C(=O)[C@H](C)[C@H](O)[C@H](Cc2c(F)nc(F)c(F)c2F)NC(=O)[C@H]1NC(=O)c1ncccc1O. The van der Waals surface area contributed by atoms with Crippen LogP contribution in [0.2, 0.25) is 0 Å². The van der Waals surface area contributed by atoms with E-state index in [-0.39, 0.29) is 0 Å². The summed E-state index contributed by atoms with van der Waals surface area (Å²) in [6.07, 6.45) is -2.08. The molecule has 13 nitrogen and oxygen atoms in total. The molecular formula is C27H30F4N6O7. The molecule has 2 aliphatic heterocycles. The van der Waals surface area contributed by atoms with Crippen LogP contribution in [-0.2, 0) is 25.5 Å². The third-order valence-electron chi connectivity index (χ3n) is 7.71. The molecule has 0 spiro atoms. The maximum atomic E-state index is 14.6. The van der Waals surface area contributed by atoms with Crippen LogP contribution in [0.5, 0.6) is 5.75 Å². The Morgan fingerprint density at radius 2 is 1.80 bits per heavy atom. The highest BCUT2D eigenvalue weighted by atomic mass is 19.2. The molecule has 0 saturated carbocycles. The fourth-order valence-corrected chi connectivity index (χ4v) is 5.08. The number of nitrogens with one attached hydrogen (secondary N) is 3. The standard InChI is InChI=1S/C27H30F4N6O7/c1-10-21(39)13(9-12-16(28)17(29)23(31)36-22(12)30)34-24(40)18(35-25(41)19-14(38)5-4-7-32-19)11(2)33-26(42)20(15-6-8-44-15)37(3)27(10)43/h4-5,7,10-11,13,15,18,20-21,38-39H,6,8-9H2,1-3H3,(H,33,42)(H,34,40)(H,35,41)/t10-,11-,13+,15?,18+,20?,21+/m1/s1. The molecule has 2 fully saturated rings. The Balaban J connectivity index is 1.76. The van der Waals surface area contributed by atoms with Crippen molar-refractivity contribution in [3.63, 3.8) is 0 Å². The number of likely N-dealkylation sites (N-methyl/N-ethyl adjacent to an activating group) is 1. The van der Waals surface area contributed by atoms with Crippen molar-refractivity contribution in [2.24, 2.45) is 5.92 Å². The number of carbonyl (C=O) groups is 4. The predicted molar refractivity (Wildman–Crippen MR) is 141 cm³/mol. The molecule has 238 valence electrons. The van der Waals surface area contributed by atoms with Gasteiger partial charge >= 0.3 is 0 Å². The average molecular weight is 627 g/mol. The zero-order chi connectivity index (χ0) is 32.5. The Morgan fingerprint density at radius 1 is 1.11 bits per heavy atom. The van der Waals surface area contributed by atoms with Crippen LogP contribution < -0.4 is 16.0 Å². The van der Waals surface area contributed by atoms with Crippen molar-refractivity contribution in [2.45, 2.75) is 63.1 Å². The van der Waals surface area contributed by atoms with Gasteiger partial charge in [-0.2, -0.15) is 18.2 Å². The summed E-state index contributed by atoms with van der Waals surface area (Å²) >= 11 is 0. The summed E-state index contributed by atoms with van der Waals surface area (Å²) in [6, 6.07) is -3.38. The molecule has 4 heterocycles. The number of hydrogen-bond donors (Lipinski definition) is 5. The molecule has 2 aromatic heterocycles. The van der Waals surface area contributed by atoms with Gasteiger partial charge in [0.05, 0.1) is 30.2 Å². The molecule has 0 aliphatic carbocycles. The number of aromatic nitrogens is 2. The lowest BCUT2D eigenvalue weighted by Crippen LogP contribution is -2.66. The molecule has 5 N–H and O–H groups in total. The second-order valence-electron chi connectivity index (χ2n) is 10.6. The van der Waals surface area contributed by atoms with Gasteiger partial charge in [0.15, 0.2) is 11.5 Å². The van der Waals surface area contributed by atoms with Crippen LogP contribution in [0, 0.1) is 29.4 Å². The summed E-state index contributed by atoms with van der Waals surface area (Å²) < 4.78 is 62.1. The molecule has 2 aromatic rings. The van der Waals surface area contributed by atoms with Crippen LogP contribution in [0.25, 0.3) is 0 Å². The lowest BCUT2D eigenvalue weighted by Gasteiger charge is -2.41. The first kappa shape index (κ1) is 32.5. The van der Waals surface area contributed by atoms with Crippen LogP contribution in [-0.4, -0.2) is 98.7 Å². The van der Waals surface area contributed by atoms with Gasteiger partial charge in [0.2, 0.25) is 29.5 Å². The van der Waals surface area contributed by atoms with Crippen molar-refractivity contribution in [1.82, 2.24) is 30.8 Å². The second kappa shape index (κ2) is 13.1. The molecule has 0 aromatic carbocycles. The van der Waals surface area contributed by atoms with Gasteiger partial charge in [-0.05, 0) is 25.5 Å². The van der Waals surface area contributed by atoms with Gasteiger partial charge in [-0.25, -0.2) is 9.37 Å². The lowest BCUT2D eigenvalue weighted by atomic mass is 9.90. The first-order valence-electron chi connectivity index (χ1n) is 13.5. The van der Waals surface area contributed by atoms with E-state index < -0.39 is 113 Å². The van der Waals surface area contributed by atoms with E-state index in [0.717, 1.165) is 11.0 Å². The maximum Gasteiger partial charge on any atom is 0.274 e. The number of aromatic hydroxyl groups is 1. The van der Waals surface area contributed by atoms with Crippen molar-refractivity contribution in [3.05, 3.63) is 53.1 Å². The molecule has 7 atom stereocenters. The second-order valence-corrected chi connectivity index (χ2v) is 10.6. The van der Waals surface area contributed by atoms with Crippen LogP contribution in [0.4, 0.5) is 17.6 Å².